The van der Waals surface area contributed by atoms with Crippen molar-refractivity contribution in [1.29, 1.82) is 0 Å². The predicted molar refractivity (Wildman–Crippen MR) is 105 cm³/mol. The Morgan fingerprint density at radius 3 is 2.79 bits per heavy atom. The molecule has 0 saturated heterocycles. The fourth-order valence-corrected chi connectivity index (χ4v) is 3.03. The first-order valence-corrected chi connectivity index (χ1v) is 8.86. The third kappa shape index (κ3) is 3.43. The number of H-pyrrole nitrogens is 1. The van der Waals surface area contributed by atoms with E-state index in [0.717, 1.165) is 11.0 Å². The minimum atomic E-state index is -0.488. The monoisotopic (exact) mass is 391 g/mol. The topological polar surface area (TPSA) is 132 Å². The van der Waals surface area contributed by atoms with Crippen LogP contribution in [0.2, 0.25) is 0 Å². The van der Waals surface area contributed by atoms with Crippen molar-refractivity contribution in [2.24, 2.45) is 0 Å². The Morgan fingerprint density at radius 1 is 1.24 bits per heavy atom. The quantitative estimate of drug-likeness (QED) is 0.397. The zero-order chi connectivity index (χ0) is 20.5. The highest BCUT2D eigenvalue weighted by Gasteiger charge is 2.21. The molecule has 2 heterocycles. The number of amides is 1. The summed E-state index contributed by atoms with van der Waals surface area (Å²) in [7, 11) is 0. The van der Waals surface area contributed by atoms with E-state index in [1.165, 1.54) is 16.8 Å². The van der Waals surface area contributed by atoms with Crippen molar-refractivity contribution in [3.05, 3.63) is 75.9 Å². The molecule has 10 nitrogen and oxygen atoms in total. The molecule has 0 spiro atoms. The SMILES string of the molecule is Cc1c(C(=O)NC(C)c2nc3ccccc3[nH]2)nnn1-c1cccc([N+](=O)[O-])c1. The Hall–Kier alpha value is -4.08. The smallest absolute Gasteiger partial charge is 0.274 e. The van der Waals surface area contributed by atoms with Gasteiger partial charge in [0.05, 0.1) is 33.4 Å². The summed E-state index contributed by atoms with van der Waals surface area (Å²) >= 11 is 0. The lowest BCUT2D eigenvalue weighted by Gasteiger charge is -2.10. The van der Waals surface area contributed by atoms with Gasteiger partial charge < -0.3 is 10.3 Å². The molecule has 0 radical (unpaired) electrons. The van der Waals surface area contributed by atoms with Crippen LogP contribution in [-0.2, 0) is 0 Å². The molecule has 0 bridgehead atoms. The molecule has 0 fully saturated rings. The molecule has 1 unspecified atom stereocenters. The van der Waals surface area contributed by atoms with Gasteiger partial charge in [-0.05, 0) is 32.0 Å². The highest BCUT2D eigenvalue weighted by molar-refractivity contribution is 5.93. The zero-order valence-electron chi connectivity index (χ0n) is 15.7. The third-order valence-corrected chi connectivity index (χ3v) is 4.56. The maximum atomic E-state index is 12.7. The average Bonchev–Trinajstić information content (AvgIpc) is 3.31. The Bertz CT molecular complexity index is 1190. The maximum absolute atomic E-state index is 12.7. The Balaban J connectivity index is 1.56. The van der Waals surface area contributed by atoms with Gasteiger partial charge in [-0.3, -0.25) is 14.9 Å². The number of nitrogens with zero attached hydrogens (tertiary/aromatic N) is 5. The second-order valence-corrected chi connectivity index (χ2v) is 6.55. The minimum absolute atomic E-state index is 0.0677. The van der Waals surface area contributed by atoms with Crippen LogP contribution in [0.15, 0.2) is 48.5 Å². The lowest BCUT2D eigenvalue weighted by molar-refractivity contribution is -0.384. The summed E-state index contributed by atoms with van der Waals surface area (Å²) in [6, 6.07) is 13.2. The normalized spacial score (nSPS) is 12.1. The van der Waals surface area contributed by atoms with Crippen LogP contribution in [-0.4, -0.2) is 35.8 Å². The number of benzene rings is 2. The standard InChI is InChI=1S/C19H17N7O3/c1-11(18-21-15-8-3-4-9-16(15)22-18)20-19(27)17-12(2)25(24-23-17)13-6-5-7-14(10-13)26(28)29/h3-11H,1-2H3,(H,20,27)(H,21,22). The number of nitro benzene ring substituents is 1. The van der Waals surface area contributed by atoms with Crippen molar-refractivity contribution < 1.29 is 9.72 Å². The van der Waals surface area contributed by atoms with Crippen molar-refractivity contribution in [3.8, 4) is 5.69 Å². The number of aromatic amines is 1. The molecule has 4 rings (SSSR count). The first-order valence-electron chi connectivity index (χ1n) is 8.86. The van der Waals surface area contributed by atoms with Crippen LogP contribution < -0.4 is 5.32 Å². The van der Waals surface area contributed by atoms with Gasteiger partial charge in [0, 0.05) is 12.1 Å². The highest BCUT2D eigenvalue weighted by atomic mass is 16.6. The van der Waals surface area contributed by atoms with Gasteiger partial charge in [-0.15, -0.1) is 5.10 Å². The molecule has 10 heteroatoms. The molecule has 4 aromatic rings. The molecule has 0 aliphatic heterocycles. The number of nitro groups is 1. The summed E-state index contributed by atoms with van der Waals surface area (Å²) in [5.41, 5.74) is 2.70. The number of non-ortho nitro benzene ring substituents is 1. The van der Waals surface area contributed by atoms with Gasteiger partial charge in [-0.25, -0.2) is 9.67 Å². The summed E-state index contributed by atoms with van der Waals surface area (Å²) in [6.45, 7) is 3.50. The number of hydrogen-bond acceptors (Lipinski definition) is 6. The first kappa shape index (κ1) is 18.3. The molecule has 1 atom stereocenters. The van der Waals surface area contributed by atoms with E-state index in [2.05, 4.69) is 25.6 Å². The van der Waals surface area contributed by atoms with E-state index >= 15 is 0 Å². The van der Waals surface area contributed by atoms with Gasteiger partial charge in [0.15, 0.2) is 5.69 Å². The number of para-hydroxylation sites is 2. The van der Waals surface area contributed by atoms with Crippen LogP contribution in [0.1, 0.15) is 35.0 Å². The minimum Gasteiger partial charge on any atom is -0.341 e. The third-order valence-electron chi connectivity index (χ3n) is 4.56. The summed E-state index contributed by atoms with van der Waals surface area (Å²) in [5, 5.41) is 21.8. The number of nitrogens with one attached hydrogen (secondary N) is 2. The largest absolute Gasteiger partial charge is 0.341 e. The van der Waals surface area contributed by atoms with Crippen molar-refractivity contribution in [2.45, 2.75) is 19.9 Å². The second kappa shape index (κ2) is 7.15. The van der Waals surface area contributed by atoms with Gasteiger partial charge in [-0.1, -0.05) is 23.4 Å². The zero-order valence-corrected chi connectivity index (χ0v) is 15.7. The molecular formula is C19H17N7O3. The molecule has 2 aromatic heterocycles. The predicted octanol–water partition coefficient (Wildman–Crippen LogP) is 2.85. The van der Waals surface area contributed by atoms with Crippen LogP contribution in [0.25, 0.3) is 16.7 Å². The van der Waals surface area contributed by atoms with E-state index in [4.69, 9.17) is 0 Å². The molecule has 29 heavy (non-hydrogen) atoms. The Labute approximate surface area is 164 Å². The fourth-order valence-electron chi connectivity index (χ4n) is 3.03. The lowest BCUT2D eigenvalue weighted by atomic mass is 10.2. The average molecular weight is 391 g/mol. The molecule has 0 saturated carbocycles. The van der Waals surface area contributed by atoms with E-state index < -0.39 is 10.8 Å². The molecule has 2 aromatic carbocycles. The van der Waals surface area contributed by atoms with Crippen molar-refractivity contribution in [1.82, 2.24) is 30.3 Å². The molecule has 1 amide bonds. The summed E-state index contributed by atoms with van der Waals surface area (Å²) in [6.07, 6.45) is 0. The van der Waals surface area contributed by atoms with Crippen LogP contribution >= 0.6 is 0 Å². The summed E-state index contributed by atoms with van der Waals surface area (Å²) in [4.78, 5) is 30.9. The summed E-state index contributed by atoms with van der Waals surface area (Å²) in [5.74, 6) is 0.218. The number of aromatic nitrogens is 5. The molecule has 146 valence electrons. The van der Waals surface area contributed by atoms with Crippen molar-refractivity contribution in [2.75, 3.05) is 0 Å². The van der Waals surface area contributed by atoms with Gasteiger partial charge >= 0.3 is 0 Å². The molecule has 0 aliphatic carbocycles. The second-order valence-electron chi connectivity index (χ2n) is 6.55. The van der Waals surface area contributed by atoms with Gasteiger partial charge in [0.25, 0.3) is 11.6 Å². The number of rotatable bonds is 5. The van der Waals surface area contributed by atoms with E-state index in [1.54, 1.807) is 19.1 Å². The number of hydrogen-bond donors (Lipinski definition) is 2. The Kier molecular flexibility index (Phi) is 4.51. The van der Waals surface area contributed by atoms with Crippen molar-refractivity contribution in [3.63, 3.8) is 0 Å². The maximum Gasteiger partial charge on any atom is 0.274 e. The summed E-state index contributed by atoms with van der Waals surface area (Å²) < 4.78 is 1.40. The van der Waals surface area contributed by atoms with Crippen LogP contribution in [0, 0.1) is 17.0 Å². The van der Waals surface area contributed by atoms with Crippen LogP contribution in [0.5, 0.6) is 0 Å². The van der Waals surface area contributed by atoms with Crippen molar-refractivity contribution >= 4 is 22.6 Å². The van der Waals surface area contributed by atoms with Crippen LogP contribution in [0.4, 0.5) is 5.69 Å². The van der Waals surface area contributed by atoms with E-state index in [0.29, 0.717) is 17.2 Å². The number of fused-ring (bicyclic) bond motifs is 1. The van der Waals surface area contributed by atoms with E-state index in [9.17, 15) is 14.9 Å². The Morgan fingerprint density at radius 2 is 2.03 bits per heavy atom. The number of carbonyl (C=O) groups excluding carboxylic acids is 1. The van der Waals surface area contributed by atoms with Gasteiger partial charge in [-0.2, -0.15) is 0 Å². The number of imidazole rings is 1. The van der Waals surface area contributed by atoms with Gasteiger partial charge in [0.1, 0.15) is 5.82 Å². The van der Waals surface area contributed by atoms with Gasteiger partial charge in [0.2, 0.25) is 0 Å². The number of carbonyl (C=O) groups is 1. The lowest BCUT2D eigenvalue weighted by Crippen LogP contribution is -2.28. The van der Waals surface area contributed by atoms with E-state index in [1.807, 2.05) is 31.2 Å². The first-order chi connectivity index (χ1) is 13.9. The molecule has 2 N–H and O–H groups in total. The molecule has 0 aliphatic rings. The van der Waals surface area contributed by atoms with E-state index in [-0.39, 0.29) is 17.4 Å². The molecular weight excluding hydrogens is 374 g/mol. The fraction of sp³-hybridized carbons (Fsp3) is 0.158. The van der Waals surface area contributed by atoms with Crippen LogP contribution in [0.3, 0.4) is 0 Å². The highest BCUT2D eigenvalue weighted by Crippen LogP contribution is 2.19.